The zero-order valence-electron chi connectivity index (χ0n) is 11.4. The monoisotopic (exact) mass is 298 g/mol. The molecule has 1 aromatic rings. The van der Waals surface area contributed by atoms with Crippen LogP contribution in [0, 0.1) is 5.82 Å². The van der Waals surface area contributed by atoms with Crippen LogP contribution in [0.5, 0.6) is 0 Å². The maximum atomic E-state index is 13.0. The Morgan fingerprint density at radius 2 is 2.40 bits per heavy atom. The highest BCUT2D eigenvalue weighted by atomic mass is 32.2. The number of rotatable bonds is 5. The first-order valence-electron chi connectivity index (χ1n) is 6.68. The molecule has 0 aliphatic heterocycles. The molecule has 3 N–H and O–H groups in total. The standard InChI is InChI=1S/C14H19FN2O2S/c1-2-20-12-6-7-14(12,19)9-16-13(18)17-11-5-3-4-10(15)8-11/h3-5,8,12,19H,2,6-7,9H2,1H3,(H2,16,17,18)/t12-,14-/m1/s1. The molecule has 4 nitrogen and oxygen atoms in total. The molecule has 110 valence electrons. The summed E-state index contributed by atoms with van der Waals surface area (Å²) in [6.07, 6.45) is 1.67. The molecule has 1 aliphatic rings. The van der Waals surface area contributed by atoms with Gasteiger partial charge in [-0.1, -0.05) is 13.0 Å². The number of aliphatic hydroxyl groups is 1. The van der Waals surface area contributed by atoms with Crippen molar-refractivity contribution in [3.8, 4) is 0 Å². The SMILES string of the molecule is CCS[C@@H]1CC[C@@]1(O)CNC(=O)Nc1cccc(F)c1. The number of carbonyl (C=O) groups is 1. The fourth-order valence-corrected chi connectivity index (χ4v) is 3.41. The third-order valence-electron chi connectivity index (χ3n) is 3.44. The maximum Gasteiger partial charge on any atom is 0.319 e. The topological polar surface area (TPSA) is 61.4 Å². The lowest BCUT2D eigenvalue weighted by atomic mass is 9.79. The smallest absolute Gasteiger partial charge is 0.319 e. The number of hydrogen-bond acceptors (Lipinski definition) is 3. The average Bonchev–Trinajstić information content (AvgIpc) is 2.41. The first-order chi connectivity index (χ1) is 9.53. The average molecular weight is 298 g/mol. The van der Waals surface area contributed by atoms with Crippen molar-refractivity contribution < 1.29 is 14.3 Å². The second-order valence-electron chi connectivity index (χ2n) is 4.90. The molecule has 0 heterocycles. The Kier molecular flexibility index (Phi) is 4.88. The summed E-state index contributed by atoms with van der Waals surface area (Å²) in [7, 11) is 0. The quantitative estimate of drug-likeness (QED) is 0.783. The first-order valence-corrected chi connectivity index (χ1v) is 7.73. The number of urea groups is 1. The van der Waals surface area contributed by atoms with E-state index in [0.717, 1.165) is 12.2 Å². The number of halogens is 1. The van der Waals surface area contributed by atoms with Gasteiger partial charge in [-0.15, -0.1) is 0 Å². The number of anilines is 1. The molecule has 2 atom stereocenters. The Morgan fingerprint density at radius 1 is 1.60 bits per heavy atom. The maximum absolute atomic E-state index is 13.0. The van der Waals surface area contributed by atoms with Crippen LogP contribution in [0.4, 0.5) is 14.9 Å². The summed E-state index contributed by atoms with van der Waals surface area (Å²) in [5.41, 5.74) is -0.428. The number of amides is 2. The summed E-state index contributed by atoms with van der Waals surface area (Å²) in [5, 5.41) is 15.7. The molecule has 1 aliphatic carbocycles. The van der Waals surface area contributed by atoms with Gasteiger partial charge in [-0.2, -0.15) is 11.8 Å². The third-order valence-corrected chi connectivity index (χ3v) is 4.85. The van der Waals surface area contributed by atoms with E-state index in [-0.39, 0.29) is 11.8 Å². The van der Waals surface area contributed by atoms with Crippen LogP contribution in [0.15, 0.2) is 24.3 Å². The zero-order chi connectivity index (χ0) is 14.6. The van der Waals surface area contributed by atoms with E-state index in [1.165, 1.54) is 18.2 Å². The predicted molar refractivity (Wildman–Crippen MR) is 79.5 cm³/mol. The van der Waals surface area contributed by atoms with Crippen LogP contribution < -0.4 is 10.6 Å². The molecular weight excluding hydrogens is 279 g/mol. The van der Waals surface area contributed by atoms with Crippen molar-refractivity contribution in [2.75, 3.05) is 17.6 Å². The molecular formula is C14H19FN2O2S. The Labute approximate surface area is 122 Å². The van der Waals surface area contributed by atoms with E-state index in [0.29, 0.717) is 12.1 Å². The first kappa shape index (κ1) is 15.1. The molecule has 0 saturated heterocycles. The highest BCUT2D eigenvalue weighted by Crippen LogP contribution is 2.40. The Balaban J connectivity index is 1.81. The highest BCUT2D eigenvalue weighted by molar-refractivity contribution is 8.00. The lowest BCUT2D eigenvalue weighted by molar-refractivity contribution is -0.0206. The molecule has 0 radical (unpaired) electrons. The van der Waals surface area contributed by atoms with Crippen molar-refractivity contribution in [1.29, 1.82) is 0 Å². The minimum Gasteiger partial charge on any atom is -0.387 e. The van der Waals surface area contributed by atoms with Crippen molar-refractivity contribution in [1.82, 2.24) is 5.32 Å². The zero-order valence-corrected chi connectivity index (χ0v) is 12.2. The van der Waals surface area contributed by atoms with E-state index >= 15 is 0 Å². The molecule has 6 heteroatoms. The van der Waals surface area contributed by atoms with Gasteiger partial charge in [0.25, 0.3) is 0 Å². The summed E-state index contributed by atoms with van der Waals surface area (Å²) >= 11 is 1.71. The van der Waals surface area contributed by atoms with Gasteiger partial charge in [-0.3, -0.25) is 0 Å². The molecule has 0 unspecified atom stereocenters. The minimum absolute atomic E-state index is 0.182. The number of hydrogen-bond donors (Lipinski definition) is 3. The molecule has 2 rings (SSSR count). The van der Waals surface area contributed by atoms with Gasteiger partial charge in [-0.25, -0.2) is 9.18 Å². The van der Waals surface area contributed by atoms with E-state index in [2.05, 4.69) is 10.6 Å². The Bertz CT molecular complexity index is 486. The van der Waals surface area contributed by atoms with E-state index in [1.807, 2.05) is 6.92 Å². The van der Waals surface area contributed by atoms with Crippen molar-refractivity contribution >= 4 is 23.5 Å². The van der Waals surface area contributed by atoms with E-state index in [4.69, 9.17) is 0 Å². The van der Waals surface area contributed by atoms with Crippen LogP contribution in [0.1, 0.15) is 19.8 Å². The summed E-state index contributed by atoms with van der Waals surface area (Å²) in [6, 6.07) is 5.26. The van der Waals surface area contributed by atoms with Crippen molar-refractivity contribution in [2.24, 2.45) is 0 Å². The van der Waals surface area contributed by atoms with Gasteiger partial charge in [-0.05, 0) is 36.8 Å². The molecule has 0 bridgehead atoms. The molecule has 0 aromatic heterocycles. The minimum atomic E-state index is -0.819. The summed E-state index contributed by atoms with van der Waals surface area (Å²) in [5.74, 6) is 0.544. The van der Waals surface area contributed by atoms with Crippen LogP contribution >= 0.6 is 11.8 Å². The van der Waals surface area contributed by atoms with Crippen LogP contribution in [0.2, 0.25) is 0 Å². The van der Waals surface area contributed by atoms with Crippen LogP contribution in [-0.4, -0.2) is 34.3 Å². The Morgan fingerprint density at radius 3 is 3.00 bits per heavy atom. The van der Waals surface area contributed by atoms with E-state index in [9.17, 15) is 14.3 Å². The van der Waals surface area contributed by atoms with Crippen LogP contribution in [-0.2, 0) is 0 Å². The van der Waals surface area contributed by atoms with Crippen LogP contribution in [0.25, 0.3) is 0 Å². The second-order valence-corrected chi connectivity index (χ2v) is 6.38. The number of thioether (sulfide) groups is 1. The number of carbonyl (C=O) groups excluding carboxylic acids is 1. The Hall–Kier alpha value is -1.27. The van der Waals surface area contributed by atoms with Gasteiger partial charge in [0.15, 0.2) is 0 Å². The summed E-state index contributed by atoms with van der Waals surface area (Å²) in [4.78, 5) is 11.7. The molecule has 20 heavy (non-hydrogen) atoms. The summed E-state index contributed by atoms with van der Waals surface area (Å²) < 4.78 is 13.0. The molecule has 0 spiro atoms. The van der Waals surface area contributed by atoms with Gasteiger partial charge in [0, 0.05) is 17.5 Å². The van der Waals surface area contributed by atoms with Gasteiger partial charge in [0.2, 0.25) is 0 Å². The second kappa shape index (κ2) is 6.45. The van der Waals surface area contributed by atoms with E-state index in [1.54, 1.807) is 17.8 Å². The lowest BCUT2D eigenvalue weighted by Gasteiger charge is -2.44. The molecule has 1 fully saturated rings. The lowest BCUT2D eigenvalue weighted by Crippen LogP contribution is -2.57. The molecule has 1 aromatic carbocycles. The highest BCUT2D eigenvalue weighted by Gasteiger charge is 2.45. The van der Waals surface area contributed by atoms with Crippen molar-refractivity contribution in [3.63, 3.8) is 0 Å². The number of benzene rings is 1. The van der Waals surface area contributed by atoms with Crippen molar-refractivity contribution in [2.45, 2.75) is 30.6 Å². The van der Waals surface area contributed by atoms with Gasteiger partial charge in [0.1, 0.15) is 5.82 Å². The molecule has 2 amide bonds. The fraction of sp³-hybridized carbons (Fsp3) is 0.500. The third kappa shape index (κ3) is 3.64. The molecule has 1 saturated carbocycles. The van der Waals surface area contributed by atoms with E-state index < -0.39 is 17.4 Å². The normalized spacial score (nSPS) is 24.9. The van der Waals surface area contributed by atoms with Crippen molar-refractivity contribution in [3.05, 3.63) is 30.1 Å². The van der Waals surface area contributed by atoms with Gasteiger partial charge >= 0.3 is 6.03 Å². The fourth-order valence-electron chi connectivity index (χ4n) is 2.21. The van der Waals surface area contributed by atoms with Crippen LogP contribution in [0.3, 0.4) is 0 Å². The predicted octanol–water partition coefficient (Wildman–Crippen LogP) is 2.59. The van der Waals surface area contributed by atoms with Gasteiger partial charge < -0.3 is 15.7 Å². The van der Waals surface area contributed by atoms with Gasteiger partial charge in [0.05, 0.1) is 5.60 Å². The largest absolute Gasteiger partial charge is 0.387 e. The number of nitrogens with one attached hydrogen (secondary N) is 2. The summed E-state index contributed by atoms with van der Waals surface area (Å²) in [6.45, 7) is 2.26.